The number of halogens is 1. The van der Waals surface area contributed by atoms with Crippen LogP contribution in [-0.4, -0.2) is 33.5 Å². The topological polar surface area (TPSA) is 74.6 Å². The number of hydrogen-bond donors (Lipinski definition) is 2. The van der Waals surface area contributed by atoms with Crippen molar-refractivity contribution in [3.63, 3.8) is 0 Å². The van der Waals surface area contributed by atoms with Crippen LogP contribution in [0.25, 0.3) is 0 Å². The molecule has 0 aliphatic heterocycles. The van der Waals surface area contributed by atoms with Gasteiger partial charge in [-0.2, -0.15) is 0 Å². The van der Waals surface area contributed by atoms with E-state index in [0.29, 0.717) is 28.2 Å². The lowest BCUT2D eigenvalue weighted by atomic mass is 10.0. The molecule has 0 amide bonds. The van der Waals surface area contributed by atoms with Crippen LogP contribution in [0.15, 0.2) is 18.2 Å². The predicted molar refractivity (Wildman–Crippen MR) is 75.6 cm³/mol. The average molecular weight is 303 g/mol. The molecule has 0 saturated heterocycles. The zero-order valence-corrected chi connectivity index (χ0v) is 11.9. The van der Waals surface area contributed by atoms with Crippen LogP contribution >= 0.6 is 23.4 Å². The summed E-state index contributed by atoms with van der Waals surface area (Å²) in [5.41, 5.74) is 0.724. The summed E-state index contributed by atoms with van der Waals surface area (Å²) < 4.78 is 0. The van der Waals surface area contributed by atoms with Gasteiger partial charge in [0.25, 0.3) is 0 Å². The number of carbonyl (C=O) groups is 2. The fourth-order valence-corrected chi connectivity index (χ4v) is 2.48. The van der Waals surface area contributed by atoms with Gasteiger partial charge in [0.05, 0.1) is 6.10 Å². The molecule has 0 bridgehead atoms. The minimum Gasteiger partial charge on any atom is -0.390 e. The molecule has 6 heteroatoms. The Kier molecular flexibility index (Phi) is 6.51. The summed E-state index contributed by atoms with van der Waals surface area (Å²) in [7, 11) is 0. The Morgan fingerprint density at radius 1 is 1.42 bits per heavy atom. The zero-order valence-electron chi connectivity index (χ0n) is 10.4. The Morgan fingerprint density at radius 3 is 2.68 bits per heavy atom. The highest BCUT2D eigenvalue weighted by atomic mass is 35.5. The molecule has 2 unspecified atom stereocenters. The molecule has 1 aromatic rings. The van der Waals surface area contributed by atoms with Gasteiger partial charge in [-0.1, -0.05) is 23.4 Å². The summed E-state index contributed by atoms with van der Waals surface area (Å²) >= 11 is 6.91. The summed E-state index contributed by atoms with van der Waals surface area (Å²) in [6.45, 7) is 1.45. The number of aliphatic hydroxyl groups excluding tert-OH is 2. The third-order valence-corrected chi connectivity index (χ3v) is 3.57. The van der Waals surface area contributed by atoms with E-state index >= 15 is 0 Å². The lowest BCUT2D eigenvalue weighted by Crippen LogP contribution is -2.19. The SMILES string of the molecule is CC(=O)SCCC(O)C(O)c1cc(Cl)cc(C=O)c1. The number of benzene rings is 1. The maximum absolute atomic E-state index is 10.8. The molecule has 19 heavy (non-hydrogen) atoms. The number of carbonyl (C=O) groups excluding carboxylic acids is 2. The fraction of sp³-hybridized carbons (Fsp3) is 0.385. The van der Waals surface area contributed by atoms with Crippen molar-refractivity contribution in [3.05, 3.63) is 34.3 Å². The number of aliphatic hydroxyl groups is 2. The maximum atomic E-state index is 10.8. The quantitative estimate of drug-likeness (QED) is 0.788. The largest absolute Gasteiger partial charge is 0.390 e. The fourth-order valence-electron chi connectivity index (χ4n) is 1.58. The van der Waals surface area contributed by atoms with E-state index in [-0.39, 0.29) is 11.5 Å². The van der Waals surface area contributed by atoms with Crippen LogP contribution in [0.5, 0.6) is 0 Å². The second kappa shape index (κ2) is 7.65. The average Bonchev–Trinajstić information content (AvgIpc) is 2.36. The number of hydrogen-bond acceptors (Lipinski definition) is 5. The molecule has 2 atom stereocenters. The lowest BCUT2D eigenvalue weighted by molar-refractivity contribution is -0.109. The van der Waals surface area contributed by atoms with Crippen molar-refractivity contribution < 1.29 is 19.8 Å². The lowest BCUT2D eigenvalue weighted by Gasteiger charge is -2.18. The molecule has 0 heterocycles. The minimum atomic E-state index is -1.13. The molecule has 1 rings (SSSR count). The molecule has 0 fully saturated rings. The number of aldehydes is 1. The van der Waals surface area contributed by atoms with Crippen molar-refractivity contribution in [2.45, 2.75) is 25.6 Å². The second-order valence-corrected chi connectivity index (χ2v) is 5.78. The first-order chi connectivity index (χ1) is 8.93. The molecule has 0 spiro atoms. The van der Waals surface area contributed by atoms with Crippen LogP contribution < -0.4 is 0 Å². The van der Waals surface area contributed by atoms with E-state index in [4.69, 9.17) is 11.6 Å². The van der Waals surface area contributed by atoms with Gasteiger partial charge < -0.3 is 10.2 Å². The summed E-state index contributed by atoms with van der Waals surface area (Å²) in [6.07, 6.45) is -1.25. The van der Waals surface area contributed by atoms with E-state index in [1.54, 1.807) is 0 Å². The number of rotatable bonds is 6. The molecule has 0 saturated carbocycles. The van der Waals surface area contributed by atoms with Crippen molar-refractivity contribution in [2.24, 2.45) is 0 Å². The van der Waals surface area contributed by atoms with E-state index in [0.717, 1.165) is 11.8 Å². The van der Waals surface area contributed by atoms with Gasteiger partial charge in [-0.3, -0.25) is 9.59 Å². The first kappa shape index (κ1) is 16.2. The molecule has 2 N–H and O–H groups in total. The van der Waals surface area contributed by atoms with Crippen molar-refractivity contribution in [2.75, 3.05) is 5.75 Å². The standard InChI is InChI=1S/C13H15ClO4S/c1-8(16)19-3-2-12(17)13(18)10-4-9(7-15)5-11(14)6-10/h4-7,12-13,17-18H,2-3H2,1H3. The second-order valence-electron chi connectivity index (χ2n) is 4.08. The van der Waals surface area contributed by atoms with Crippen LogP contribution in [0, 0.1) is 0 Å². The number of thioether (sulfide) groups is 1. The minimum absolute atomic E-state index is 0.0345. The van der Waals surface area contributed by atoms with Gasteiger partial charge in [0.15, 0.2) is 5.12 Å². The summed E-state index contributed by atoms with van der Waals surface area (Å²) in [4.78, 5) is 21.5. The third kappa shape index (κ3) is 5.32. The van der Waals surface area contributed by atoms with Gasteiger partial charge in [-0.05, 0) is 30.2 Å². The Hall–Kier alpha value is -0.880. The first-order valence-electron chi connectivity index (χ1n) is 5.69. The van der Waals surface area contributed by atoms with Crippen LogP contribution in [0.2, 0.25) is 5.02 Å². The molecular formula is C13H15ClO4S. The van der Waals surface area contributed by atoms with Gasteiger partial charge >= 0.3 is 0 Å². The molecule has 4 nitrogen and oxygen atoms in total. The van der Waals surface area contributed by atoms with Crippen LogP contribution in [0.3, 0.4) is 0 Å². The maximum Gasteiger partial charge on any atom is 0.185 e. The molecular weight excluding hydrogens is 288 g/mol. The Labute approximate surface area is 120 Å². The zero-order chi connectivity index (χ0) is 14.4. The van der Waals surface area contributed by atoms with Crippen LogP contribution in [-0.2, 0) is 4.79 Å². The van der Waals surface area contributed by atoms with E-state index < -0.39 is 12.2 Å². The molecule has 104 valence electrons. The van der Waals surface area contributed by atoms with Gasteiger partial charge in [0.2, 0.25) is 0 Å². The van der Waals surface area contributed by atoms with Gasteiger partial charge in [0.1, 0.15) is 12.4 Å². The van der Waals surface area contributed by atoms with E-state index in [1.165, 1.54) is 25.1 Å². The highest BCUT2D eigenvalue weighted by Gasteiger charge is 2.19. The van der Waals surface area contributed by atoms with Gasteiger partial charge in [-0.15, -0.1) is 0 Å². The van der Waals surface area contributed by atoms with E-state index in [1.807, 2.05) is 0 Å². The van der Waals surface area contributed by atoms with Crippen molar-refractivity contribution in [1.82, 2.24) is 0 Å². The first-order valence-corrected chi connectivity index (χ1v) is 7.05. The Morgan fingerprint density at radius 2 is 2.11 bits per heavy atom. The monoisotopic (exact) mass is 302 g/mol. The van der Waals surface area contributed by atoms with Crippen molar-refractivity contribution >= 4 is 34.8 Å². The third-order valence-electron chi connectivity index (χ3n) is 2.50. The Bertz CT molecular complexity index is 464. The van der Waals surface area contributed by atoms with E-state index in [2.05, 4.69) is 0 Å². The molecule has 0 aliphatic carbocycles. The van der Waals surface area contributed by atoms with Crippen LogP contribution in [0.1, 0.15) is 35.4 Å². The van der Waals surface area contributed by atoms with Gasteiger partial charge in [0, 0.05) is 23.3 Å². The summed E-state index contributed by atoms with van der Waals surface area (Å²) in [6, 6.07) is 4.45. The molecule has 0 radical (unpaired) electrons. The molecule has 0 aliphatic rings. The van der Waals surface area contributed by atoms with E-state index in [9.17, 15) is 19.8 Å². The highest BCUT2D eigenvalue weighted by molar-refractivity contribution is 8.13. The molecule has 0 aromatic heterocycles. The van der Waals surface area contributed by atoms with Crippen molar-refractivity contribution in [1.29, 1.82) is 0 Å². The normalized spacial score (nSPS) is 13.9. The smallest absolute Gasteiger partial charge is 0.185 e. The summed E-state index contributed by atoms with van der Waals surface area (Å²) in [5, 5.41) is 20.1. The molecule has 1 aromatic carbocycles. The van der Waals surface area contributed by atoms with Crippen LogP contribution in [0.4, 0.5) is 0 Å². The Balaban J connectivity index is 2.70. The predicted octanol–water partition coefficient (Wildman–Crippen LogP) is 2.22. The van der Waals surface area contributed by atoms with Gasteiger partial charge in [-0.25, -0.2) is 0 Å². The highest BCUT2D eigenvalue weighted by Crippen LogP contribution is 2.24. The summed E-state index contributed by atoms with van der Waals surface area (Å²) in [5.74, 6) is 0.425. The van der Waals surface area contributed by atoms with Crippen molar-refractivity contribution in [3.8, 4) is 0 Å².